The first-order chi connectivity index (χ1) is 10.3. The SMILES string of the molecule is CCOC(=O)NCCNC(=O)Nc1ccccc1C(F)(F)F. The van der Waals surface area contributed by atoms with Gasteiger partial charge < -0.3 is 20.7 Å². The molecule has 0 spiro atoms. The number of ether oxygens (including phenoxy) is 1. The fraction of sp³-hybridized carbons (Fsp3) is 0.385. The van der Waals surface area contributed by atoms with Gasteiger partial charge in [0.1, 0.15) is 0 Å². The summed E-state index contributed by atoms with van der Waals surface area (Å²) < 4.78 is 42.8. The number of anilines is 1. The molecule has 0 aliphatic heterocycles. The van der Waals surface area contributed by atoms with Crippen molar-refractivity contribution < 1.29 is 27.5 Å². The maximum atomic E-state index is 12.7. The molecule has 0 heterocycles. The van der Waals surface area contributed by atoms with Crippen LogP contribution in [0.3, 0.4) is 0 Å². The van der Waals surface area contributed by atoms with Gasteiger partial charge in [-0.3, -0.25) is 0 Å². The van der Waals surface area contributed by atoms with E-state index in [0.717, 1.165) is 12.1 Å². The van der Waals surface area contributed by atoms with Crippen LogP contribution in [0.2, 0.25) is 0 Å². The van der Waals surface area contributed by atoms with Crippen LogP contribution in [-0.2, 0) is 10.9 Å². The number of carbonyl (C=O) groups excluding carboxylic acids is 2. The van der Waals surface area contributed by atoms with E-state index in [1.165, 1.54) is 12.1 Å². The normalized spacial score (nSPS) is 10.7. The Bertz CT molecular complexity index is 521. The molecule has 3 N–H and O–H groups in total. The van der Waals surface area contributed by atoms with Gasteiger partial charge in [0.05, 0.1) is 17.9 Å². The lowest BCUT2D eigenvalue weighted by molar-refractivity contribution is -0.136. The van der Waals surface area contributed by atoms with Gasteiger partial charge in [0.25, 0.3) is 0 Å². The average Bonchev–Trinajstić information content (AvgIpc) is 2.43. The minimum Gasteiger partial charge on any atom is -0.450 e. The predicted octanol–water partition coefficient (Wildman–Crippen LogP) is 2.57. The third kappa shape index (κ3) is 5.90. The number of amides is 3. The fourth-order valence-electron chi connectivity index (χ4n) is 1.53. The van der Waals surface area contributed by atoms with Crippen molar-refractivity contribution in [1.82, 2.24) is 10.6 Å². The van der Waals surface area contributed by atoms with Crippen molar-refractivity contribution in [3.63, 3.8) is 0 Å². The molecule has 0 aliphatic carbocycles. The molecule has 1 aromatic carbocycles. The van der Waals surface area contributed by atoms with Crippen molar-refractivity contribution in [2.75, 3.05) is 25.0 Å². The van der Waals surface area contributed by atoms with Crippen LogP contribution >= 0.6 is 0 Å². The van der Waals surface area contributed by atoms with E-state index in [1.807, 2.05) is 0 Å². The van der Waals surface area contributed by atoms with Gasteiger partial charge in [-0.15, -0.1) is 0 Å². The van der Waals surface area contributed by atoms with E-state index in [4.69, 9.17) is 0 Å². The Balaban J connectivity index is 2.45. The molecule has 0 atom stereocenters. The van der Waals surface area contributed by atoms with Crippen LogP contribution in [0.1, 0.15) is 12.5 Å². The summed E-state index contributed by atoms with van der Waals surface area (Å²) in [6.45, 7) is 1.99. The lowest BCUT2D eigenvalue weighted by atomic mass is 10.1. The fourth-order valence-corrected chi connectivity index (χ4v) is 1.53. The molecule has 0 saturated heterocycles. The number of carbonyl (C=O) groups is 2. The largest absolute Gasteiger partial charge is 0.450 e. The molecule has 0 aromatic heterocycles. The maximum Gasteiger partial charge on any atom is 0.418 e. The topological polar surface area (TPSA) is 79.5 Å². The van der Waals surface area contributed by atoms with E-state index in [-0.39, 0.29) is 25.4 Å². The molecule has 1 rings (SSSR count). The number of alkyl halides is 3. The number of rotatable bonds is 5. The van der Waals surface area contributed by atoms with E-state index >= 15 is 0 Å². The highest BCUT2D eigenvalue weighted by molar-refractivity contribution is 5.90. The monoisotopic (exact) mass is 319 g/mol. The summed E-state index contributed by atoms with van der Waals surface area (Å²) in [7, 11) is 0. The van der Waals surface area contributed by atoms with Crippen LogP contribution in [0.25, 0.3) is 0 Å². The van der Waals surface area contributed by atoms with Crippen molar-refractivity contribution in [2.24, 2.45) is 0 Å². The van der Waals surface area contributed by atoms with Crippen LogP contribution in [0.15, 0.2) is 24.3 Å². The Kier molecular flexibility index (Phi) is 6.48. The van der Waals surface area contributed by atoms with Crippen molar-refractivity contribution in [1.29, 1.82) is 0 Å². The van der Waals surface area contributed by atoms with Gasteiger partial charge in [-0.2, -0.15) is 13.2 Å². The molecule has 9 heteroatoms. The number of hydrogen-bond donors (Lipinski definition) is 3. The standard InChI is InChI=1S/C13H16F3N3O3/c1-2-22-12(21)18-8-7-17-11(20)19-10-6-4-3-5-9(10)13(14,15)16/h3-6H,2,7-8H2,1H3,(H,18,21)(H2,17,19,20). The van der Waals surface area contributed by atoms with Gasteiger partial charge in [-0.05, 0) is 19.1 Å². The van der Waals surface area contributed by atoms with Crippen LogP contribution in [0.4, 0.5) is 28.4 Å². The Labute approximate surface area is 125 Å². The molecule has 22 heavy (non-hydrogen) atoms. The quantitative estimate of drug-likeness (QED) is 0.730. The molecule has 1 aromatic rings. The third-order valence-corrected chi connectivity index (χ3v) is 2.44. The minimum atomic E-state index is -4.56. The summed E-state index contributed by atoms with van der Waals surface area (Å²) in [5.41, 5.74) is -1.28. The lowest BCUT2D eigenvalue weighted by Gasteiger charge is -2.14. The van der Waals surface area contributed by atoms with Crippen LogP contribution in [0.5, 0.6) is 0 Å². The highest BCUT2D eigenvalue weighted by atomic mass is 19.4. The first-order valence-corrected chi connectivity index (χ1v) is 6.46. The number of hydrogen-bond acceptors (Lipinski definition) is 3. The molecule has 0 unspecified atom stereocenters. The second-order valence-corrected chi connectivity index (χ2v) is 4.07. The van der Waals surface area contributed by atoms with E-state index in [9.17, 15) is 22.8 Å². The summed E-state index contributed by atoms with van der Waals surface area (Å²) >= 11 is 0. The summed E-state index contributed by atoms with van der Waals surface area (Å²) in [5.74, 6) is 0. The molecule has 0 bridgehead atoms. The second kappa shape index (κ2) is 8.11. The Morgan fingerprint density at radius 3 is 2.41 bits per heavy atom. The molecule has 0 radical (unpaired) electrons. The van der Waals surface area contributed by atoms with Crippen LogP contribution in [-0.4, -0.2) is 31.8 Å². The van der Waals surface area contributed by atoms with E-state index < -0.39 is 23.9 Å². The van der Waals surface area contributed by atoms with Gasteiger partial charge >= 0.3 is 18.3 Å². The first-order valence-electron chi connectivity index (χ1n) is 6.46. The van der Waals surface area contributed by atoms with Gasteiger partial charge in [0.2, 0.25) is 0 Å². The Hall–Kier alpha value is -2.45. The van der Waals surface area contributed by atoms with Crippen molar-refractivity contribution in [3.8, 4) is 0 Å². The second-order valence-electron chi connectivity index (χ2n) is 4.07. The van der Waals surface area contributed by atoms with Crippen LogP contribution < -0.4 is 16.0 Å². The maximum absolute atomic E-state index is 12.7. The van der Waals surface area contributed by atoms with Crippen molar-refractivity contribution in [2.45, 2.75) is 13.1 Å². The number of nitrogens with one attached hydrogen (secondary N) is 3. The predicted molar refractivity (Wildman–Crippen MR) is 73.5 cm³/mol. The smallest absolute Gasteiger partial charge is 0.418 e. The van der Waals surface area contributed by atoms with E-state index in [0.29, 0.717) is 0 Å². The highest BCUT2D eigenvalue weighted by Crippen LogP contribution is 2.34. The molecular formula is C13H16F3N3O3. The molecule has 122 valence electrons. The summed E-state index contributed by atoms with van der Waals surface area (Å²) in [6, 6.07) is 3.84. The Morgan fingerprint density at radius 1 is 1.14 bits per heavy atom. The van der Waals surface area contributed by atoms with Gasteiger partial charge in [0.15, 0.2) is 0 Å². The zero-order valence-corrected chi connectivity index (χ0v) is 11.8. The zero-order chi connectivity index (χ0) is 16.6. The number of para-hydroxylation sites is 1. The van der Waals surface area contributed by atoms with Crippen LogP contribution in [0, 0.1) is 0 Å². The molecular weight excluding hydrogens is 303 g/mol. The molecule has 0 aliphatic rings. The summed E-state index contributed by atoms with van der Waals surface area (Å²) in [4.78, 5) is 22.5. The minimum absolute atomic E-state index is 0.0405. The average molecular weight is 319 g/mol. The molecule has 0 saturated carbocycles. The van der Waals surface area contributed by atoms with Crippen molar-refractivity contribution >= 4 is 17.8 Å². The summed E-state index contributed by atoms with van der Waals surface area (Å²) in [5, 5.41) is 6.79. The van der Waals surface area contributed by atoms with Crippen molar-refractivity contribution in [3.05, 3.63) is 29.8 Å². The third-order valence-electron chi connectivity index (χ3n) is 2.44. The van der Waals surface area contributed by atoms with Gasteiger partial charge in [0, 0.05) is 13.1 Å². The lowest BCUT2D eigenvalue weighted by Crippen LogP contribution is -2.37. The molecule has 3 amide bonds. The van der Waals surface area contributed by atoms with E-state index in [2.05, 4.69) is 20.7 Å². The number of halogens is 3. The number of alkyl carbamates (subject to hydrolysis) is 1. The first kappa shape index (κ1) is 17.6. The van der Waals surface area contributed by atoms with Gasteiger partial charge in [-0.1, -0.05) is 12.1 Å². The molecule has 6 nitrogen and oxygen atoms in total. The highest BCUT2D eigenvalue weighted by Gasteiger charge is 2.33. The number of benzene rings is 1. The summed E-state index contributed by atoms with van der Waals surface area (Å²) in [6.07, 6.45) is -5.19. The molecule has 0 fully saturated rings. The van der Waals surface area contributed by atoms with E-state index in [1.54, 1.807) is 6.92 Å². The van der Waals surface area contributed by atoms with Gasteiger partial charge in [-0.25, -0.2) is 9.59 Å². The number of urea groups is 1. The Morgan fingerprint density at radius 2 is 1.77 bits per heavy atom. The zero-order valence-electron chi connectivity index (χ0n) is 11.8.